The van der Waals surface area contributed by atoms with Crippen molar-refractivity contribution in [3.8, 4) is 40.7 Å². The molecule has 8 nitrogen and oxygen atoms in total. The van der Waals surface area contributed by atoms with Crippen molar-refractivity contribution in [2.24, 2.45) is 0 Å². The summed E-state index contributed by atoms with van der Waals surface area (Å²) in [4.78, 5) is 10.8. The molecular weight excluding hydrogens is 686 g/mol. The Labute approximate surface area is 304 Å². The summed E-state index contributed by atoms with van der Waals surface area (Å²) >= 11 is 0. The minimum atomic E-state index is -4.73. The first kappa shape index (κ1) is 32.8. The normalized spacial score (nSPS) is 11.1. The molecule has 0 N–H and O–H groups in total. The number of fused-ring (bicyclic) bond motifs is 6. The Morgan fingerprint density at radius 2 is 0.944 bits per heavy atom. The fraction of sp³-hybridized carbons (Fsp3) is 0.0233. The van der Waals surface area contributed by atoms with Crippen molar-refractivity contribution < 1.29 is 13.2 Å². The first-order chi connectivity index (χ1) is 26.1. The Morgan fingerprint density at radius 1 is 0.500 bits per heavy atom. The van der Waals surface area contributed by atoms with Crippen LogP contribution in [-0.2, 0) is 6.18 Å². The lowest BCUT2D eigenvalue weighted by Gasteiger charge is -2.22. The Hall–Kier alpha value is -8.35. The number of aromatic nitrogens is 2. The number of nitriles is 3. The molecule has 250 valence electrons. The number of hydrogen-bond acceptors (Lipinski definition) is 3. The summed E-state index contributed by atoms with van der Waals surface area (Å²) in [5, 5.41) is 32.6. The largest absolute Gasteiger partial charge is 0.415 e. The molecule has 0 aliphatic carbocycles. The van der Waals surface area contributed by atoms with Crippen LogP contribution in [0.3, 0.4) is 0 Å². The van der Waals surface area contributed by atoms with Gasteiger partial charge in [-0.2, -0.15) is 29.0 Å². The topological polar surface area (TPSA) is 94.3 Å². The third-order valence-electron chi connectivity index (χ3n) is 9.44. The monoisotopic (exact) mass is 702 g/mol. The maximum absolute atomic E-state index is 14.1. The zero-order valence-corrected chi connectivity index (χ0v) is 27.5. The minimum Gasteiger partial charge on any atom is -0.309 e. The van der Waals surface area contributed by atoms with Gasteiger partial charge in [-0.15, -0.1) is 0 Å². The van der Waals surface area contributed by atoms with Crippen LogP contribution >= 0.6 is 0 Å². The molecule has 0 atom stereocenters. The molecule has 0 saturated heterocycles. The fourth-order valence-corrected chi connectivity index (χ4v) is 7.14. The lowest BCUT2D eigenvalue weighted by Crippen LogP contribution is -2.07. The summed E-state index contributed by atoms with van der Waals surface area (Å²) in [5.41, 5.74) is 3.75. The average Bonchev–Trinajstić information content (AvgIpc) is 3.70. The van der Waals surface area contributed by atoms with Crippen molar-refractivity contribution in [3.05, 3.63) is 160 Å². The lowest BCUT2D eigenvalue weighted by atomic mass is 9.95. The number of hydrogen-bond donors (Lipinski definition) is 0. The van der Waals surface area contributed by atoms with Gasteiger partial charge in [-0.05, 0) is 95.2 Å². The molecule has 8 rings (SSSR count). The Kier molecular flexibility index (Phi) is 7.39. The van der Waals surface area contributed by atoms with Crippen LogP contribution < -0.4 is 0 Å². The summed E-state index contributed by atoms with van der Waals surface area (Å²) < 4.78 is 45.8. The Morgan fingerprint density at radius 3 is 1.35 bits per heavy atom. The van der Waals surface area contributed by atoms with Crippen LogP contribution in [0.25, 0.3) is 80.6 Å². The van der Waals surface area contributed by atoms with E-state index in [1.165, 1.54) is 6.07 Å². The summed E-state index contributed by atoms with van der Waals surface area (Å²) in [6, 6.07) is 32.9. The van der Waals surface area contributed by atoms with E-state index in [2.05, 4.69) is 32.7 Å². The molecule has 6 aromatic carbocycles. The smallest absolute Gasteiger partial charge is 0.309 e. The first-order valence-electron chi connectivity index (χ1n) is 16.0. The van der Waals surface area contributed by atoms with Gasteiger partial charge in [0, 0.05) is 21.9 Å². The molecule has 0 radical (unpaired) electrons. The van der Waals surface area contributed by atoms with Crippen molar-refractivity contribution in [2.75, 3.05) is 0 Å². The molecule has 0 bridgehead atoms. The maximum atomic E-state index is 14.1. The highest BCUT2D eigenvalue weighted by Crippen LogP contribution is 2.47. The number of rotatable bonds is 3. The predicted octanol–water partition coefficient (Wildman–Crippen LogP) is 11.8. The number of alkyl halides is 3. The Bertz CT molecular complexity index is 2920. The van der Waals surface area contributed by atoms with Gasteiger partial charge >= 0.3 is 6.18 Å². The number of benzene rings is 6. The van der Waals surface area contributed by atoms with Crippen LogP contribution in [0.1, 0.15) is 22.3 Å². The standard InChI is InChI=1S/C43H17F3N8/c1-50-28-7-12-38-33(19-28)34-20-29(51-2)8-13-39(34)54(38)41-17-26(23-49)16-40(42(41)30-9-6-27(43(44,45)46)18-35(30)52-3)53-36-10-4-24(21-47)14-31(36)32-15-25(22-48)5-11-37(32)53/h4-20H. The van der Waals surface area contributed by atoms with E-state index < -0.39 is 11.7 Å². The van der Waals surface area contributed by atoms with Crippen molar-refractivity contribution >= 4 is 60.7 Å². The van der Waals surface area contributed by atoms with E-state index in [0.29, 0.717) is 83.1 Å². The fourth-order valence-electron chi connectivity index (χ4n) is 7.14. The summed E-state index contributed by atoms with van der Waals surface area (Å²) in [6.45, 7) is 23.4. The molecule has 0 aliphatic heterocycles. The molecule has 0 fully saturated rings. The van der Waals surface area contributed by atoms with Crippen LogP contribution in [0.5, 0.6) is 0 Å². The predicted molar refractivity (Wildman–Crippen MR) is 198 cm³/mol. The molecule has 0 spiro atoms. The molecule has 11 heteroatoms. The number of nitrogens with zero attached hydrogens (tertiary/aromatic N) is 8. The first-order valence-corrected chi connectivity index (χ1v) is 16.0. The van der Waals surface area contributed by atoms with Crippen LogP contribution in [-0.4, -0.2) is 9.13 Å². The summed E-state index contributed by atoms with van der Waals surface area (Å²) in [5.74, 6) is 0. The quantitative estimate of drug-likeness (QED) is 0.171. The highest BCUT2D eigenvalue weighted by molar-refractivity contribution is 6.13. The van der Waals surface area contributed by atoms with E-state index in [1.807, 2.05) is 9.13 Å². The van der Waals surface area contributed by atoms with Gasteiger partial charge in [0.1, 0.15) is 0 Å². The zero-order valence-electron chi connectivity index (χ0n) is 27.5. The molecule has 0 saturated carbocycles. The molecule has 54 heavy (non-hydrogen) atoms. The van der Waals surface area contributed by atoms with Crippen LogP contribution in [0.4, 0.5) is 30.2 Å². The van der Waals surface area contributed by atoms with E-state index in [0.717, 1.165) is 12.1 Å². The molecular formula is C43H17F3N8. The molecule has 0 aliphatic rings. The van der Waals surface area contributed by atoms with E-state index in [4.69, 9.17) is 19.7 Å². The summed E-state index contributed by atoms with van der Waals surface area (Å²) in [7, 11) is 0. The van der Waals surface area contributed by atoms with Gasteiger partial charge in [-0.25, -0.2) is 14.5 Å². The second kappa shape index (κ2) is 12.2. The second-order valence-electron chi connectivity index (χ2n) is 12.3. The highest BCUT2D eigenvalue weighted by Gasteiger charge is 2.32. The van der Waals surface area contributed by atoms with Gasteiger partial charge in [-0.1, -0.05) is 24.3 Å². The van der Waals surface area contributed by atoms with E-state index in [1.54, 1.807) is 84.9 Å². The van der Waals surface area contributed by atoms with E-state index >= 15 is 0 Å². The molecule has 2 heterocycles. The molecule has 2 aromatic heterocycles. The number of halogens is 3. The second-order valence-corrected chi connectivity index (χ2v) is 12.3. The van der Waals surface area contributed by atoms with Gasteiger partial charge in [0.2, 0.25) is 0 Å². The van der Waals surface area contributed by atoms with Gasteiger partial charge in [-0.3, -0.25) is 0 Å². The van der Waals surface area contributed by atoms with E-state index in [9.17, 15) is 29.0 Å². The van der Waals surface area contributed by atoms with Crippen molar-refractivity contribution in [3.63, 3.8) is 0 Å². The van der Waals surface area contributed by atoms with Crippen molar-refractivity contribution in [2.45, 2.75) is 6.18 Å². The molecule has 0 unspecified atom stereocenters. The zero-order chi connectivity index (χ0) is 37.9. The minimum absolute atomic E-state index is 0.148. The van der Waals surface area contributed by atoms with Crippen LogP contribution in [0, 0.1) is 53.7 Å². The van der Waals surface area contributed by atoms with E-state index in [-0.39, 0.29) is 16.8 Å². The third-order valence-corrected chi connectivity index (χ3v) is 9.44. The molecule has 0 amide bonds. The SMILES string of the molecule is [C-]#[N+]c1ccc2c(c1)c1cc([N+]#[C-])ccc1n2-c1cc(C#N)cc(-n2c3ccc(C#N)cc3c3cc(C#N)ccc32)c1-c1ccc(C(F)(F)F)cc1[N+]#[C-]. The van der Waals surface area contributed by atoms with Gasteiger partial charge < -0.3 is 9.13 Å². The lowest BCUT2D eigenvalue weighted by molar-refractivity contribution is -0.137. The average molecular weight is 703 g/mol. The van der Waals surface area contributed by atoms with Crippen LogP contribution in [0.15, 0.2) is 103 Å². The van der Waals surface area contributed by atoms with Crippen molar-refractivity contribution in [1.29, 1.82) is 15.8 Å². The maximum Gasteiger partial charge on any atom is 0.415 e. The Balaban J connectivity index is 1.62. The van der Waals surface area contributed by atoms with Gasteiger partial charge in [0.15, 0.2) is 17.1 Å². The van der Waals surface area contributed by atoms with Gasteiger partial charge in [0.25, 0.3) is 0 Å². The summed E-state index contributed by atoms with van der Waals surface area (Å²) in [6.07, 6.45) is -4.73. The highest BCUT2D eigenvalue weighted by atomic mass is 19.4. The van der Waals surface area contributed by atoms with Gasteiger partial charge in [0.05, 0.1) is 88.1 Å². The molecule has 8 aromatic rings. The van der Waals surface area contributed by atoms with Crippen molar-refractivity contribution in [1.82, 2.24) is 9.13 Å². The van der Waals surface area contributed by atoms with Crippen LogP contribution in [0.2, 0.25) is 0 Å². The third kappa shape index (κ3) is 4.95.